The molecule has 0 aliphatic carbocycles. The predicted molar refractivity (Wildman–Crippen MR) is 137 cm³/mol. The molecule has 0 radical (unpaired) electrons. The number of hydrogen-bond donors (Lipinski definition) is 4. The molecule has 0 fully saturated rings. The zero-order chi connectivity index (χ0) is 24.5. The largest absolute Gasteiger partial charge is 0.493 e. The number of rotatable bonds is 6. The summed E-state index contributed by atoms with van der Waals surface area (Å²) in [7, 11) is 0. The van der Waals surface area contributed by atoms with Crippen LogP contribution in [0.3, 0.4) is 0 Å². The average molecular weight is 541 g/mol. The van der Waals surface area contributed by atoms with Crippen LogP contribution < -0.4 is 26.2 Å². The second-order valence-corrected chi connectivity index (χ2v) is 8.10. The van der Waals surface area contributed by atoms with Gasteiger partial charge in [0.15, 0.2) is 5.11 Å². The van der Waals surface area contributed by atoms with E-state index in [1.165, 1.54) is 0 Å². The number of halogens is 1. The fraction of sp³-hybridized carbons (Fsp3) is 0.0833. The minimum Gasteiger partial charge on any atom is -0.493 e. The Morgan fingerprint density at radius 2 is 1.47 bits per heavy atom. The molecule has 3 rings (SSSR count). The third kappa shape index (κ3) is 6.87. The van der Waals surface area contributed by atoms with Gasteiger partial charge in [0, 0.05) is 22.4 Å². The molecule has 0 spiro atoms. The minimum atomic E-state index is -0.471. The Bertz CT molecular complexity index is 1200. The van der Waals surface area contributed by atoms with Crippen LogP contribution in [0.25, 0.3) is 0 Å². The Balaban J connectivity index is 1.49. The molecule has 3 amide bonds. The van der Waals surface area contributed by atoms with Crippen LogP contribution in [0, 0.1) is 0 Å². The van der Waals surface area contributed by atoms with Crippen molar-refractivity contribution in [2.24, 2.45) is 0 Å². The number of benzene rings is 3. The number of amides is 3. The van der Waals surface area contributed by atoms with Gasteiger partial charge in [0.1, 0.15) is 5.75 Å². The number of nitrogens with one attached hydrogen (secondary N) is 4. The van der Waals surface area contributed by atoms with Crippen LogP contribution in [-0.2, 0) is 0 Å². The van der Waals surface area contributed by atoms with Gasteiger partial charge in [0.2, 0.25) is 0 Å². The monoisotopic (exact) mass is 540 g/mol. The number of thiocarbonyl (C=S) groups is 1. The molecular formula is C24H21BrN4O4S. The first-order chi connectivity index (χ1) is 16.4. The smallest absolute Gasteiger partial charge is 0.269 e. The van der Waals surface area contributed by atoms with Crippen molar-refractivity contribution in [1.29, 1.82) is 0 Å². The maximum atomic E-state index is 12.4. The SMILES string of the molecule is CCOc1ccc(C(=O)NC(=S)NNC(=O)c2ccc(NC(=O)c3ccccc3)cc2)cc1Br. The highest BCUT2D eigenvalue weighted by Gasteiger charge is 2.12. The van der Waals surface area contributed by atoms with E-state index in [0.29, 0.717) is 39.2 Å². The molecule has 4 N–H and O–H groups in total. The van der Waals surface area contributed by atoms with Gasteiger partial charge in [-0.15, -0.1) is 0 Å². The van der Waals surface area contributed by atoms with Gasteiger partial charge in [-0.2, -0.15) is 0 Å². The highest BCUT2D eigenvalue weighted by atomic mass is 79.9. The lowest BCUT2D eigenvalue weighted by atomic mass is 10.1. The molecule has 0 bridgehead atoms. The summed E-state index contributed by atoms with van der Waals surface area (Å²) in [5, 5.41) is 5.17. The Labute approximate surface area is 210 Å². The maximum Gasteiger partial charge on any atom is 0.269 e. The van der Waals surface area contributed by atoms with Crippen molar-refractivity contribution >= 4 is 56.7 Å². The third-order valence-electron chi connectivity index (χ3n) is 4.45. The summed E-state index contributed by atoms with van der Waals surface area (Å²) < 4.78 is 6.06. The number of carbonyl (C=O) groups excluding carboxylic acids is 3. The van der Waals surface area contributed by atoms with Crippen LogP contribution in [0.1, 0.15) is 38.0 Å². The van der Waals surface area contributed by atoms with Crippen molar-refractivity contribution < 1.29 is 19.1 Å². The van der Waals surface area contributed by atoms with Crippen LogP contribution in [0.5, 0.6) is 5.75 Å². The quantitative estimate of drug-likeness (QED) is 0.277. The van der Waals surface area contributed by atoms with Crippen LogP contribution in [0.2, 0.25) is 0 Å². The highest BCUT2D eigenvalue weighted by Crippen LogP contribution is 2.25. The lowest BCUT2D eigenvalue weighted by molar-refractivity contribution is 0.0934. The Morgan fingerprint density at radius 1 is 0.824 bits per heavy atom. The molecule has 8 nitrogen and oxygen atoms in total. The van der Waals surface area contributed by atoms with Crippen LogP contribution in [0.15, 0.2) is 77.3 Å². The van der Waals surface area contributed by atoms with Gasteiger partial charge in [-0.05, 0) is 89.7 Å². The number of hydrogen-bond acceptors (Lipinski definition) is 5. The lowest BCUT2D eigenvalue weighted by Gasteiger charge is -2.12. The second-order valence-electron chi connectivity index (χ2n) is 6.84. The normalized spacial score (nSPS) is 10.1. The number of ether oxygens (including phenoxy) is 1. The zero-order valence-corrected chi connectivity index (χ0v) is 20.5. The highest BCUT2D eigenvalue weighted by molar-refractivity contribution is 9.10. The van der Waals surface area contributed by atoms with Gasteiger partial charge in [-0.3, -0.25) is 30.6 Å². The molecule has 0 aromatic heterocycles. The first-order valence-electron chi connectivity index (χ1n) is 10.2. The molecule has 34 heavy (non-hydrogen) atoms. The van der Waals surface area contributed by atoms with Crippen molar-refractivity contribution in [3.8, 4) is 5.75 Å². The van der Waals surface area contributed by atoms with Gasteiger partial charge in [-0.25, -0.2) is 0 Å². The molecule has 0 atom stereocenters. The molecule has 3 aromatic rings. The van der Waals surface area contributed by atoms with Crippen LogP contribution >= 0.6 is 28.1 Å². The summed E-state index contributed by atoms with van der Waals surface area (Å²) in [6.07, 6.45) is 0. The van der Waals surface area contributed by atoms with Crippen molar-refractivity contribution in [3.05, 3.63) is 94.0 Å². The van der Waals surface area contributed by atoms with Gasteiger partial charge >= 0.3 is 0 Å². The molecule has 0 saturated carbocycles. The van der Waals surface area contributed by atoms with Crippen molar-refractivity contribution in [2.45, 2.75) is 6.92 Å². The second kappa shape index (κ2) is 11.9. The van der Waals surface area contributed by atoms with Gasteiger partial charge in [0.05, 0.1) is 11.1 Å². The van der Waals surface area contributed by atoms with Crippen molar-refractivity contribution in [1.82, 2.24) is 16.2 Å². The summed E-state index contributed by atoms with van der Waals surface area (Å²) in [6.45, 7) is 2.37. The summed E-state index contributed by atoms with van der Waals surface area (Å²) in [4.78, 5) is 36.9. The van der Waals surface area contributed by atoms with E-state index in [1.807, 2.05) is 13.0 Å². The molecule has 0 unspecified atom stereocenters. The average Bonchev–Trinajstić information content (AvgIpc) is 2.84. The lowest BCUT2D eigenvalue weighted by Crippen LogP contribution is -2.48. The van der Waals surface area contributed by atoms with Crippen LogP contribution in [-0.4, -0.2) is 29.4 Å². The van der Waals surface area contributed by atoms with E-state index < -0.39 is 11.8 Å². The van der Waals surface area contributed by atoms with Gasteiger partial charge in [0.25, 0.3) is 17.7 Å². The van der Waals surface area contributed by atoms with Crippen molar-refractivity contribution in [2.75, 3.05) is 11.9 Å². The maximum absolute atomic E-state index is 12.4. The molecule has 0 aliphatic rings. The standard InChI is InChI=1S/C24H21BrN4O4S/c1-2-33-20-13-10-17(14-19(20)25)22(31)27-24(34)29-28-23(32)16-8-11-18(12-9-16)26-21(30)15-6-4-3-5-7-15/h3-14H,2H2,1H3,(H,26,30)(H,28,32)(H2,27,29,31,34). The fourth-order valence-corrected chi connectivity index (χ4v) is 3.44. The summed E-state index contributed by atoms with van der Waals surface area (Å²) in [5.41, 5.74) is 6.67. The molecular weight excluding hydrogens is 520 g/mol. The Hall–Kier alpha value is -3.76. The molecule has 10 heteroatoms. The molecule has 174 valence electrons. The van der Waals surface area contributed by atoms with Gasteiger partial charge < -0.3 is 10.1 Å². The fourth-order valence-electron chi connectivity index (χ4n) is 2.80. The van der Waals surface area contributed by atoms with Gasteiger partial charge in [-0.1, -0.05) is 18.2 Å². The number of hydrazine groups is 1. The van der Waals surface area contributed by atoms with Crippen LogP contribution in [0.4, 0.5) is 5.69 Å². The number of anilines is 1. The first kappa shape index (κ1) is 24.9. The first-order valence-corrected chi connectivity index (χ1v) is 11.4. The van der Waals surface area contributed by atoms with E-state index in [-0.39, 0.29) is 11.0 Å². The molecule has 0 saturated heterocycles. The van der Waals surface area contributed by atoms with E-state index in [9.17, 15) is 14.4 Å². The zero-order valence-electron chi connectivity index (χ0n) is 18.1. The predicted octanol–water partition coefficient (Wildman–Crippen LogP) is 4.05. The minimum absolute atomic E-state index is 0.0740. The van der Waals surface area contributed by atoms with E-state index in [2.05, 4.69) is 37.4 Å². The third-order valence-corrected chi connectivity index (χ3v) is 5.28. The van der Waals surface area contributed by atoms with E-state index in [0.717, 1.165) is 0 Å². The molecule has 0 heterocycles. The summed E-state index contributed by atoms with van der Waals surface area (Å²) in [6, 6.07) is 20.0. The summed E-state index contributed by atoms with van der Waals surface area (Å²) in [5.74, 6) is -0.548. The topological polar surface area (TPSA) is 109 Å². The van der Waals surface area contributed by atoms with Crippen molar-refractivity contribution in [3.63, 3.8) is 0 Å². The Morgan fingerprint density at radius 3 is 2.12 bits per heavy atom. The van der Waals surface area contributed by atoms with E-state index >= 15 is 0 Å². The molecule has 3 aromatic carbocycles. The summed E-state index contributed by atoms with van der Waals surface area (Å²) >= 11 is 8.43. The van der Waals surface area contributed by atoms with E-state index in [1.54, 1.807) is 66.7 Å². The molecule has 0 aliphatic heterocycles. The number of carbonyl (C=O) groups is 3. The Kier molecular flexibility index (Phi) is 8.72. The van der Waals surface area contributed by atoms with E-state index in [4.69, 9.17) is 17.0 Å².